The van der Waals surface area contributed by atoms with Crippen molar-refractivity contribution in [2.45, 2.75) is 13.8 Å². The van der Waals surface area contributed by atoms with Crippen LogP contribution in [0.15, 0.2) is 146 Å². The summed E-state index contributed by atoms with van der Waals surface area (Å²) >= 11 is 0. The number of carbonyl (C=O) groups excluding carboxylic acids is 6. The van der Waals surface area contributed by atoms with E-state index in [1.54, 1.807) is 72.8 Å². The lowest BCUT2D eigenvalue weighted by Gasteiger charge is -2.09. The largest absolute Gasteiger partial charge is 0.457 e. The predicted octanol–water partition coefficient (Wildman–Crippen LogP) is 8.61. The van der Waals surface area contributed by atoms with Crippen molar-refractivity contribution >= 4 is 35.4 Å². The number of benzene rings is 6. The molecule has 0 N–H and O–H groups in total. The normalized spacial score (nSPS) is 10.5. The number of rotatable bonds is 14. The lowest BCUT2D eigenvalue weighted by Crippen LogP contribution is -2.14. The fourth-order valence-corrected chi connectivity index (χ4v) is 5.18. The van der Waals surface area contributed by atoms with Crippen LogP contribution in [0.2, 0.25) is 0 Å². The Morgan fingerprint density at radius 3 is 0.930 bits per heavy atom. The molecule has 0 fully saturated rings. The minimum absolute atomic E-state index is 0.193. The second-order valence-corrected chi connectivity index (χ2v) is 12.7. The Labute approximate surface area is 327 Å². The van der Waals surface area contributed by atoms with Crippen molar-refractivity contribution in [3.05, 3.63) is 190 Å². The number of esters is 4. The summed E-state index contributed by atoms with van der Waals surface area (Å²) in [5, 5.41) is 0. The van der Waals surface area contributed by atoms with Gasteiger partial charge in [-0.1, -0.05) is 35.4 Å². The molecule has 0 aliphatic rings. The molecule has 0 saturated carbocycles. The van der Waals surface area contributed by atoms with Crippen LogP contribution in [0.5, 0.6) is 23.0 Å². The zero-order valence-electron chi connectivity index (χ0n) is 30.8. The molecular weight excluding hydrogens is 728 g/mol. The molecule has 6 rings (SSSR count). The lowest BCUT2D eigenvalue weighted by molar-refractivity contribution is 0.0472. The van der Waals surface area contributed by atoms with Crippen LogP contribution in [0.1, 0.15) is 73.3 Å². The first kappa shape index (κ1) is 39.0. The molecule has 0 amide bonds. The van der Waals surface area contributed by atoms with E-state index < -0.39 is 48.7 Å². The van der Waals surface area contributed by atoms with Crippen LogP contribution >= 0.6 is 0 Å². The molecule has 0 aromatic heterocycles. The van der Waals surface area contributed by atoms with Crippen LogP contribution in [0.25, 0.3) is 0 Å². The number of ketones is 2. The summed E-state index contributed by atoms with van der Waals surface area (Å²) in [6.07, 6.45) is 0. The van der Waals surface area contributed by atoms with E-state index in [1.807, 2.05) is 13.8 Å². The van der Waals surface area contributed by atoms with Crippen molar-refractivity contribution in [2.24, 2.45) is 0 Å². The van der Waals surface area contributed by atoms with Gasteiger partial charge in [0.2, 0.25) is 0 Å². The van der Waals surface area contributed by atoms with Crippen molar-refractivity contribution in [2.75, 3.05) is 13.2 Å². The van der Waals surface area contributed by atoms with Gasteiger partial charge in [0.1, 0.15) is 23.0 Å². The van der Waals surface area contributed by atoms with Gasteiger partial charge in [-0.15, -0.1) is 0 Å². The highest BCUT2D eigenvalue weighted by Crippen LogP contribution is 2.23. The van der Waals surface area contributed by atoms with Crippen LogP contribution in [-0.2, 0) is 9.47 Å². The van der Waals surface area contributed by atoms with E-state index in [0.717, 1.165) is 11.1 Å². The third-order valence-electron chi connectivity index (χ3n) is 8.43. The van der Waals surface area contributed by atoms with Crippen molar-refractivity contribution in [3.63, 3.8) is 0 Å². The van der Waals surface area contributed by atoms with E-state index in [-0.39, 0.29) is 33.8 Å². The summed E-state index contributed by atoms with van der Waals surface area (Å²) < 4.78 is 26.9. The molecule has 6 aromatic rings. The molecule has 0 radical (unpaired) electrons. The molecule has 0 atom stereocenters. The molecule has 0 heterocycles. The molecule has 57 heavy (non-hydrogen) atoms. The number of ether oxygens (including phenoxy) is 5. The molecule has 6 aromatic carbocycles. The Balaban J connectivity index is 0.919. The van der Waals surface area contributed by atoms with Crippen molar-refractivity contribution < 1.29 is 52.5 Å². The molecule has 0 bridgehead atoms. The Morgan fingerprint density at radius 2 is 0.596 bits per heavy atom. The zero-order chi connectivity index (χ0) is 40.3. The van der Waals surface area contributed by atoms with Crippen LogP contribution in [0.4, 0.5) is 0 Å². The van der Waals surface area contributed by atoms with Gasteiger partial charge in [-0.2, -0.15) is 0 Å². The van der Waals surface area contributed by atoms with E-state index in [9.17, 15) is 28.8 Å². The highest BCUT2D eigenvalue weighted by molar-refractivity contribution is 6.00. The summed E-state index contributed by atoms with van der Waals surface area (Å²) in [5.74, 6) is -2.04. The summed E-state index contributed by atoms with van der Waals surface area (Å²) in [6, 6.07) is 37.9. The molecule has 0 unspecified atom stereocenters. The first-order valence-corrected chi connectivity index (χ1v) is 17.6. The summed E-state index contributed by atoms with van der Waals surface area (Å²) in [7, 11) is 0. The first-order chi connectivity index (χ1) is 27.5. The predicted molar refractivity (Wildman–Crippen MR) is 207 cm³/mol. The van der Waals surface area contributed by atoms with Crippen molar-refractivity contribution in [1.82, 2.24) is 0 Å². The molecule has 284 valence electrons. The van der Waals surface area contributed by atoms with Gasteiger partial charge in [-0.3, -0.25) is 9.59 Å². The van der Waals surface area contributed by atoms with Gasteiger partial charge in [-0.25, -0.2) is 19.2 Å². The van der Waals surface area contributed by atoms with Gasteiger partial charge < -0.3 is 23.7 Å². The topological polar surface area (TPSA) is 149 Å². The number of hydrogen-bond acceptors (Lipinski definition) is 11. The van der Waals surface area contributed by atoms with Crippen LogP contribution in [0, 0.1) is 13.8 Å². The fraction of sp³-hybridized carbons (Fsp3) is 0.0870. The maximum Gasteiger partial charge on any atom is 0.343 e. The molecule has 0 aliphatic heterocycles. The molecule has 0 spiro atoms. The molecule has 11 heteroatoms. The van der Waals surface area contributed by atoms with Gasteiger partial charge in [0.25, 0.3) is 0 Å². The third-order valence-corrected chi connectivity index (χ3v) is 8.43. The highest BCUT2D eigenvalue weighted by Gasteiger charge is 2.16. The summed E-state index contributed by atoms with van der Waals surface area (Å²) in [4.78, 5) is 75.2. The van der Waals surface area contributed by atoms with E-state index in [2.05, 4.69) is 0 Å². The van der Waals surface area contributed by atoms with Crippen LogP contribution < -0.4 is 14.2 Å². The Bertz CT molecular complexity index is 2220. The van der Waals surface area contributed by atoms with Crippen molar-refractivity contribution in [3.8, 4) is 23.0 Å². The Kier molecular flexibility index (Phi) is 12.4. The Morgan fingerprint density at radius 1 is 0.333 bits per heavy atom. The average Bonchev–Trinajstić information content (AvgIpc) is 3.23. The minimum Gasteiger partial charge on any atom is -0.457 e. The fourth-order valence-electron chi connectivity index (χ4n) is 5.18. The van der Waals surface area contributed by atoms with Gasteiger partial charge in [-0.05, 0) is 135 Å². The van der Waals surface area contributed by atoms with Gasteiger partial charge in [0.15, 0.2) is 24.8 Å². The summed E-state index contributed by atoms with van der Waals surface area (Å²) in [6.45, 7) is 2.83. The van der Waals surface area contributed by atoms with Gasteiger partial charge in [0.05, 0.1) is 22.3 Å². The van der Waals surface area contributed by atoms with E-state index in [1.165, 1.54) is 72.8 Å². The quantitative estimate of drug-likeness (QED) is 0.0597. The maximum absolute atomic E-state index is 12.6. The molecule has 0 saturated heterocycles. The maximum atomic E-state index is 12.6. The highest BCUT2D eigenvalue weighted by atomic mass is 16.5. The zero-order valence-corrected chi connectivity index (χ0v) is 30.8. The molecule has 0 aliphatic carbocycles. The summed E-state index contributed by atoms with van der Waals surface area (Å²) in [5.41, 5.74) is 3.76. The van der Waals surface area contributed by atoms with Crippen LogP contribution in [0.3, 0.4) is 0 Å². The van der Waals surface area contributed by atoms with E-state index >= 15 is 0 Å². The number of carbonyl (C=O) groups is 6. The SMILES string of the molecule is Cc1ccc(C(=O)Oc2ccc(C(=O)COC(=O)c3ccc(Oc4ccc(C(=O)OCC(=O)c5ccc(OC(=O)c6ccc(C)cc6)cc5)cc4)cc3)cc2)cc1. The second-order valence-electron chi connectivity index (χ2n) is 12.7. The second kappa shape index (κ2) is 18.1. The standard InChI is InChI=1S/C46H34O11/c1-29-3-7-35(8-4-29)45(51)56-39-19-11-31(12-20-39)41(47)27-53-43(49)33-15-23-37(24-16-33)55-38-25-17-34(18-26-38)44(50)54-28-42(48)32-13-21-40(22-14-32)57-46(52)36-9-5-30(2)6-10-36/h3-26H,27-28H2,1-2H3. The van der Waals surface area contributed by atoms with Gasteiger partial charge in [0, 0.05) is 11.1 Å². The molecule has 11 nitrogen and oxygen atoms in total. The average molecular weight is 763 g/mol. The third kappa shape index (κ3) is 10.7. The van der Waals surface area contributed by atoms with Gasteiger partial charge >= 0.3 is 23.9 Å². The first-order valence-electron chi connectivity index (χ1n) is 17.6. The smallest absolute Gasteiger partial charge is 0.343 e. The van der Waals surface area contributed by atoms with E-state index in [4.69, 9.17) is 23.7 Å². The van der Waals surface area contributed by atoms with E-state index in [0.29, 0.717) is 22.6 Å². The minimum atomic E-state index is -0.712. The number of Topliss-reactive ketones (excluding diaryl/α,β-unsaturated/α-hetero) is 2. The van der Waals surface area contributed by atoms with Crippen molar-refractivity contribution in [1.29, 1.82) is 0 Å². The number of aryl methyl sites for hydroxylation is 2. The van der Waals surface area contributed by atoms with Crippen LogP contribution in [-0.4, -0.2) is 48.7 Å². The lowest BCUT2D eigenvalue weighted by atomic mass is 10.1. The number of hydrogen-bond donors (Lipinski definition) is 0. The Hall–Kier alpha value is -7.66. The monoisotopic (exact) mass is 762 g/mol. The molecular formula is C46H34O11.